The molecule has 0 spiro atoms. The third-order valence-corrected chi connectivity index (χ3v) is 6.15. The lowest BCUT2D eigenvalue weighted by Crippen LogP contribution is -2.30. The van der Waals surface area contributed by atoms with Crippen molar-refractivity contribution in [2.75, 3.05) is 18.4 Å². The van der Waals surface area contributed by atoms with Crippen molar-refractivity contribution in [1.82, 2.24) is 13.4 Å². The van der Waals surface area contributed by atoms with Gasteiger partial charge in [0.2, 0.25) is 10.0 Å². The summed E-state index contributed by atoms with van der Waals surface area (Å²) >= 11 is 0. The van der Waals surface area contributed by atoms with E-state index >= 15 is 0 Å². The number of carbonyl (C=O) groups is 1. The van der Waals surface area contributed by atoms with Gasteiger partial charge in [-0.3, -0.25) is 9.59 Å². The van der Waals surface area contributed by atoms with Gasteiger partial charge in [0, 0.05) is 45.1 Å². The fourth-order valence-corrected chi connectivity index (χ4v) is 4.19. The molecule has 0 aliphatic carbocycles. The molecule has 0 saturated carbocycles. The summed E-state index contributed by atoms with van der Waals surface area (Å²) in [6.45, 7) is 6.55. The van der Waals surface area contributed by atoms with Crippen LogP contribution in [0.25, 0.3) is 0 Å². The summed E-state index contributed by atoms with van der Waals surface area (Å²) < 4.78 is 29.5. The highest BCUT2D eigenvalue weighted by Crippen LogP contribution is 2.19. The second-order valence-corrected chi connectivity index (χ2v) is 7.70. The van der Waals surface area contributed by atoms with Crippen molar-refractivity contribution in [3.8, 4) is 0 Å². The Morgan fingerprint density at radius 3 is 2.38 bits per heavy atom. The van der Waals surface area contributed by atoms with E-state index in [1.165, 1.54) is 37.8 Å². The number of nitrogens with one attached hydrogen (secondary N) is 1. The van der Waals surface area contributed by atoms with Crippen LogP contribution in [0.15, 0.2) is 40.3 Å². The third kappa shape index (κ3) is 3.88. The topological polar surface area (TPSA) is 93.4 Å². The van der Waals surface area contributed by atoms with Crippen molar-refractivity contribution in [1.29, 1.82) is 0 Å². The van der Waals surface area contributed by atoms with Gasteiger partial charge in [-0.05, 0) is 19.1 Å². The standard InChI is InChI=1S/C17H24N4O4S/c1-5-20-11-13(8-9-16(20)22)18-17(23)15-10-14(12-19(15)4)26(24,25)21(6-2)7-3/h8-12H,5-7H2,1-4H3,(H,18,23). The average molecular weight is 380 g/mol. The molecule has 0 fully saturated rings. The molecule has 2 aromatic heterocycles. The minimum absolute atomic E-state index is 0.0763. The van der Waals surface area contributed by atoms with Gasteiger partial charge in [0.05, 0.1) is 5.69 Å². The Balaban J connectivity index is 2.31. The van der Waals surface area contributed by atoms with Crippen molar-refractivity contribution in [3.05, 3.63) is 46.6 Å². The van der Waals surface area contributed by atoms with Crippen molar-refractivity contribution < 1.29 is 13.2 Å². The summed E-state index contributed by atoms with van der Waals surface area (Å²) in [5.41, 5.74) is 0.521. The molecular weight excluding hydrogens is 356 g/mol. The van der Waals surface area contributed by atoms with E-state index in [9.17, 15) is 18.0 Å². The SMILES string of the molecule is CCN(CC)S(=O)(=O)c1cc(C(=O)Nc2ccc(=O)n(CC)c2)n(C)c1. The summed E-state index contributed by atoms with van der Waals surface area (Å²) in [6.07, 6.45) is 2.98. The van der Waals surface area contributed by atoms with E-state index in [1.807, 2.05) is 6.92 Å². The highest BCUT2D eigenvalue weighted by molar-refractivity contribution is 7.89. The summed E-state index contributed by atoms with van der Waals surface area (Å²) in [4.78, 5) is 24.2. The van der Waals surface area contributed by atoms with Crippen LogP contribution in [-0.4, -0.2) is 40.9 Å². The first-order valence-corrected chi connectivity index (χ1v) is 9.86. The van der Waals surface area contributed by atoms with Crippen LogP contribution in [-0.2, 0) is 23.6 Å². The lowest BCUT2D eigenvalue weighted by molar-refractivity contribution is 0.101. The van der Waals surface area contributed by atoms with Gasteiger partial charge in [-0.25, -0.2) is 8.42 Å². The Morgan fingerprint density at radius 2 is 1.81 bits per heavy atom. The van der Waals surface area contributed by atoms with Crippen LogP contribution in [0.5, 0.6) is 0 Å². The van der Waals surface area contributed by atoms with Crippen LogP contribution >= 0.6 is 0 Å². The summed E-state index contributed by atoms with van der Waals surface area (Å²) in [7, 11) is -2.02. The lowest BCUT2D eigenvalue weighted by atomic mass is 10.3. The summed E-state index contributed by atoms with van der Waals surface area (Å²) in [5.74, 6) is -0.449. The van der Waals surface area contributed by atoms with Gasteiger partial charge in [-0.2, -0.15) is 4.31 Å². The highest BCUT2D eigenvalue weighted by Gasteiger charge is 2.25. The zero-order valence-corrected chi connectivity index (χ0v) is 16.2. The fourth-order valence-electron chi connectivity index (χ4n) is 2.66. The maximum atomic E-state index is 12.6. The number of anilines is 1. The number of nitrogens with zero attached hydrogens (tertiary/aromatic N) is 3. The van der Waals surface area contributed by atoms with E-state index in [2.05, 4.69) is 5.32 Å². The van der Waals surface area contributed by atoms with E-state index in [0.29, 0.717) is 25.3 Å². The van der Waals surface area contributed by atoms with Gasteiger partial charge in [-0.15, -0.1) is 0 Å². The number of aryl methyl sites for hydroxylation is 2. The highest BCUT2D eigenvalue weighted by atomic mass is 32.2. The monoisotopic (exact) mass is 380 g/mol. The normalized spacial score (nSPS) is 11.7. The van der Waals surface area contributed by atoms with Gasteiger partial charge >= 0.3 is 0 Å². The summed E-state index contributed by atoms with van der Waals surface area (Å²) in [6, 6.07) is 4.25. The van der Waals surface area contributed by atoms with E-state index in [0.717, 1.165) is 0 Å². The molecular formula is C17H24N4O4S. The maximum Gasteiger partial charge on any atom is 0.272 e. The zero-order valence-electron chi connectivity index (χ0n) is 15.4. The Morgan fingerprint density at radius 1 is 1.15 bits per heavy atom. The van der Waals surface area contributed by atoms with Crippen LogP contribution in [0.2, 0.25) is 0 Å². The molecule has 0 unspecified atom stereocenters. The molecule has 0 aromatic carbocycles. The second kappa shape index (κ2) is 7.88. The minimum atomic E-state index is -3.64. The van der Waals surface area contributed by atoms with Crippen LogP contribution in [0.3, 0.4) is 0 Å². The number of sulfonamides is 1. The molecule has 0 saturated heterocycles. The van der Waals surface area contributed by atoms with Gasteiger partial charge in [-0.1, -0.05) is 13.8 Å². The first-order valence-electron chi connectivity index (χ1n) is 8.42. The van der Waals surface area contributed by atoms with Gasteiger partial charge in [0.25, 0.3) is 11.5 Å². The van der Waals surface area contributed by atoms with Crippen molar-refractivity contribution in [3.63, 3.8) is 0 Å². The third-order valence-electron chi connectivity index (χ3n) is 4.14. The molecule has 0 bridgehead atoms. The van der Waals surface area contributed by atoms with E-state index in [4.69, 9.17) is 0 Å². The average Bonchev–Trinajstić information content (AvgIpc) is 3.00. The van der Waals surface area contributed by atoms with E-state index < -0.39 is 15.9 Å². The number of pyridine rings is 1. The van der Waals surface area contributed by atoms with Crippen molar-refractivity contribution in [2.24, 2.45) is 7.05 Å². The van der Waals surface area contributed by atoms with Crippen LogP contribution in [0.4, 0.5) is 5.69 Å². The van der Waals surface area contributed by atoms with E-state index in [1.54, 1.807) is 27.1 Å². The molecule has 0 atom stereocenters. The van der Waals surface area contributed by atoms with Crippen LogP contribution in [0, 0.1) is 0 Å². The molecule has 0 aliphatic rings. The molecule has 1 N–H and O–H groups in total. The van der Waals surface area contributed by atoms with Gasteiger partial charge in [0.1, 0.15) is 10.6 Å². The summed E-state index contributed by atoms with van der Waals surface area (Å²) in [5, 5.41) is 2.70. The maximum absolute atomic E-state index is 12.6. The predicted molar refractivity (Wildman–Crippen MR) is 99.8 cm³/mol. The Labute approximate surface area is 153 Å². The number of aromatic nitrogens is 2. The molecule has 1 amide bonds. The minimum Gasteiger partial charge on any atom is -0.345 e. The smallest absolute Gasteiger partial charge is 0.272 e. The number of amides is 1. The van der Waals surface area contributed by atoms with Gasteiger partial charge < -0.3 is 14.5 Å². The molecule has 0 radical (unpaired) electrons. The molecule has 142 valence electrons. The molecule has 8 nitrogen and oxygen atoms in total. The van der Waals surface area contributed by atoms with E-state index in [-0.39, 0.29) is 16.1 Å². The molecule has 26 heavy (non-hydrogen) atoms. The second-order valence-electron chi connectivity index (χ2n) is 5.76. The first-order chi connectivity index (χ1) is 12.2. The largest absolute Gasteiger partial charge is 0.345 e. The number of rotatable bonds is 7. The van der Waals surface area contributed by atoms with Crippen LogP contribution in [0.1, 0.15) is 31.3 Å². The molecule has 2 heterocycles. The van der Waals surface area contributed by atoms with Crippen LogP contribution < -0.4 is 10.9 Å². The van der Waals surface area contributed by atoms with Gasteiger partial charge in [0.15, 0.2) is 0 Å². The molecule has 9 heteroatoms. The number of hydrogen-bond donors (Lipinski definition) is 1. The Bertz CT molecular complexity index is 955. The van der Waals surface area contributed by atoms with Crippen molar-refractivity contribution >= 4 is 21.6 Å². The molecule has 2 rings (SSSR count). The first kappa shape index (κ1) is 19.9. The Kier molecular flexibility index (Phi) is 6.04. The molecule has 2 aromatic rings. The lowest BCUT2D eigenvalue weighted by Gasteiger charge is -2.17. The quantitative estimate of drug-likeness (QED) is 0.787. The Hall–Kier alpha value is -2.39. The zero-order chi connectivity index (χ0) is 19.5. The fraction of sp³-hybridized carbons (Fsp3) is 0.412. The number of carbonyl (C=O) groups excluding carboxylic acids is 1. The van der Waals surface area contributed by atoms with Crippen molar-refractivity contribution in [2.45, 2.75) is 32.2 Å². The predicted octanol–water partition coefficient (Wildman–Crippen LogP) is 1.49. The molecule has 0 aliphatic heterocycles. The number of hydrogen-bond acceptors (Lipinski definition) is 4.